The van der Waals surface area contributed by atoms with Crippen LogP contribution in [0.5, 0.6) is 0 Å². The molecule has 6 nitrogen and oxygen atoms in total. The van der Waals surface area contributed by atoms with Gasteiger partial charge < -0.3 is 9.84 Å². The second-order valence-electron chi connectivity index (χ2n) is 3.20. The lowest BCUT2D eigenvalue weighted by molar-refractivity contribution is -0.143. The minimum absolute atomic E-state index is 0.157. The molecule has 6 heteroatoms. The van der Waals surface area contributed by atoms with Gasteiger partial charge in [0.2, 0.25) is 0 Å². The first kappa shape index (κ1) is 9.01. The van der Waals surface area contributed by atoms with Crippen molar-refractivity contribution < 1.29 is 9.53 Å². The first-order valence-electron chi connectivity index (χ1n) is 4.32. The second kappa shape index (κ2) is 3.30. The first-order chi connectivity index (χ1) is 6.72. The van der Waals surface area contributed by atoms with Crippen LogP contribution in [0.2, 0.25) is 0 Å². The number of hydrogen-bond acceptors (Lipinski definition) is 4. The van der Waals surface area contributed by atoms with Gasteiger partial charge in [0.25, 0.3) is 5.56 Å². The molecule has 1 unspecified atom stereocenters. The van der Waals surface area contributed by atoms with Crippen molar-refractivity contribution in [2.75, 3.05) is 7.11 Å². The van der Waals surface area contributed by atoms with Crippen molar-refractivity contribution in [2.45, 2.75) is 19.0 Å². The van der Waals surface area contributed by atoms with E-state index in [1.165, 1.54) is 7.11 Å². The van der Waals surface area contributed by atoms with Crippen molar-refractivity contribution >= 4 is 5.97 Å². The molecule has 0 aliphatic carbocycles. The van der Waals surface area contributed by atoms with Gasteiger partial charge >= 0.3 is 5.97 Å². The fraction of sp³-hybridized carbons (Fsp3) is 0.500. The monoisotopic (exact) mass is 197 g/mol. The summed E-state index contributed by atoms with van der Waals surface area (Å²) in [5.41, 5.74) is 1.30. The number of nitrogens with one attached hydrogen (secondary N) is 3. The molecule has 1 aliphatic heterocycles. The summed E-state index contributed by atoms with van der Waals surface area (Å²) < 4.78 is 4.60. The second-order valence-corrected chi connectivity index (χ2v) is 3.20. The lowest BCUT2D eigenvalue weighted by Gasteiger charge is -2.20. The molecular weight excluding hydrogens is 186 g/mol. The number of ether oxygens (including phenoxy) is 1. The predicted molar refractivity (Wildman–Crippen MR) is 47.8 cm³/mol. The van der Waals surface area contributed by atoms with E-state index < -0.39 is 6.04 Å². The minimum Gasteiger partial charge on any atom is -0.468 e. The van der Waals surface area contributed by atoms with E-state index in [1.54, 1.807) is 0 Å². The molecule has 0 saturated heterocycles. The average Bonchev–Trinajstić information content (AvgIpc) is 2.59. The summed E-state index contributed by atoms with van der Waals surface area (Å²) in [5, 5.41) is 8.21. The Morgan fingerprint density at radius 2 is 2.29 bits per heavy atom. The van der Waals surface area contributed by atoms with E-state index in [1.807, 2.05) is 0 Å². The Labute approximate surface area is 79.6 Å². The van der Waals surface area contributed by atoms with Gasteiger partial charge in [-0.05, 0) is 0 Å². The van der Waals surface area contributed by atoms with Crippen molar-refractivity contribution in [3.05, 3.63) is 21.6 Å². The number of carbonyl (C=O) groups is 1. The molecule has 1 aromatic rings. The number of carbonyl (C=O) groups excluding carboxylic acids is 1. The molecule has 1 aliphatic rings. The molecule has 14 heavy (non-hydrogen) atoms. The molecule has 2 heterocycles. The maximum absolute atomic E-state index is 11.3. The van der Waals surface area contributed by atoms with Crippen molar-refractivity contribution in [1.82, 2.24) is 15.5 Å². The molecule has 0 amide bonds. The number of hydrogen-bond donors (Lipinski definition) is 3. The predicted octanol–water partition coefficient (Wildman–Crippen LogP) is -1.11. The Balaban J connectivity index is 2.24. The number of methoxy groups -OCH3 is 1. The average molecular weight is 197 g/mol. The standard InChI is InChI=1S/C8H11N3O3/c1-14-8(13)5-2-4-6(3-9-5)10-11-7(4)12/h5,9H,2-3H2,1H3,(H2,10,11,12). The highest BCUT2D eigenvalue weighted by Gasteiger charge is 2.27. The van der Waals surface area contributed by atoms with Crippen LogP contribution in [-0.2, 0) is 22.5 Å². The lowest BCUT2D eigenvalue weighted by Crippen LogP contribution is -2.43. The van der Waals surface area contributed by atoms with Gasteiger partial charge in [0.05, 0.1) is 12.8 Å². The molecule has 0 fully saturated rings. The van der Waals surface area contributed by atoms with Gasteiger partial charge in [0.1, 0.15) is 6.04 Å². The van der Waals surface area contributed by atoms with Crippen molar-refractivity contribution in [3.63, 3.8) is 0 Å². The van der Waals surface area contributed by atoms with Crippen LogP contribution in [-0.4, -0.2) is 29.3 Å². The van der Waals surface area contributed by atoms with Gasteiger partial charge in [-0.2, -0.15) is 0 Å². The van der Waals surface area contributed by atoms with Crippen LogP contribution in [0.25, 0.3) is 0 Å². The summed E-state index contributed by atoms with van der Waals surface area (Å²) in [6, 6.07) is -0.413. The van der Waals surface area contributed by atoms with Gasteiger partial charge in [0, 0.05) is 18.5 Å². The lowest BCUT2D eigenvalue weighted by atomic mass is 10.0. The summed E-state index contributed by atoms with van der Waals surface area (Å²) in [6.45, 7) is 0.480. The van der Waals surface area contributed by atoms with Crippen LogP contribution in [0.1, 0.15) is 11.3 Å². The molecule has 2 rings (SSSR count). The first-order valence-corrected chi connectivity index (χ1v) is 4.32. The maximum Gasteiger partial charge on any atom is 0.323 e. The van der Waals surface area contributed by atoms with Crippen molar-refractivity contribution in [1.29, 1.82) is 0 Å². The largest absolute Gasteiger partial charge is 0.468 e. The van der Waals surface area contributed by atoms with Crippen LogP contribution < -0.4 is 10.9 Å². The Hall–Kier alpha value is -1.56. The summed E-state index contributed by atoms with van der Waals surface area (Å²) in [4.78, 5) is 22.5. The third kappa shape index (κ3) is 1.33. The summed E-state index contributed by atoms with van der Waals surface area (Å²) in [7, 11) is 1.33. The molecule has 0 radical (unpaired) electrons. The fourth-order valence-corrected chi connectivity index (χ4v) is 1.60. The number of H-pyrrole nitrogens is 2. The van der Waals surface area contributed by atoms with Crippen molar-refractivity contribution in [2.24, 2.45) is 0 Å². The molecule has 0 aromatic carbocycles. The SMILES string of the molecule is COC(=O)C1Cc2c([nH][nH]c2=O)CN1. The number of esters is 1. The summed E-state index contributed by atoms with van der Waals surface area (Å²) in [6.07, 6.45) is 0.376. The molecule has 1 aromatic heterocycles. The highest BCUT2D eigenvalue weighted by molar-refractivity contribution is 5.76. The molecule has 0 saturated carbocycles. The zero-order valence-corrected chi connectivity index (χ0v) is 7.72. The highest BCUT2D eigenvalue weighted by Crippen LogP contribution is 2.10. The number of fused-ring (bicyclic) bond motifs is 1. The van der Waals surface area contributed by atoms with Crippen LogP contribution in [0.3, 0.4) is 0 Å². The third-order valence-corrected chi connectivity index (χ3v) is 2.38. The number of aromatic amines is 2. The van der Waals surface area contributed by atoms with Crippen LogP contribution in [0.15, 0.2) is 4.79 Å². The molecule has 1 atom stereocenters. The van der Waals surface area contributed by atoms with Crippen LogP contribution in [0, 0.1) is 0 Å². The maximum atomic E-state index is 11.3. The molecule has 3 N–H and O–H groups in total. The number of rotatable bonds is 1. The molecule has 76 valence electrons. The molecule has 0 bridgehead atoms. The smallest absolute Gasteiger partial charge is 0.323 e. The number of aromatic nitrogens is 2. The summed E-state index contributed by atoms with van der Waals surface area (Å²) in [5.74, 6) is -0.337. The van der Waals surface area contributed by atoms with Crippen LogP contribution in [0.4, 0.5) is 0 Å². The van der Waals surface area contributed by atoms with Gasteiger partial charge in [-0.3, -0.25) is 20.0 Å². The van der Waals surface area contributed by atoms with E-state index in [0.29, 0.717) is 18.5 Å². The van der Waals surface area contributed by atoms with E-state index in [4.69, 9.17) is 0 Å². The van der Waals surface area contributed by atoms with Crippen LogP contribution >= 0.6 is 0 Å². The van der Waals surface area contributed by atoms with Gasteiger partial charge in [-0.25, -0.2) is 0 Å². The van der Waals surface area contributed by atoms with Gasteiger partial charge in [0.15, 0.2) is 0 Å². The fourth-order valence-electron chi connectivity index (χ4n) is 1.60. The zero-order valence-electron chi connectivity index (χ0n) is 7.72. The third-order valence-electron chi connectivity index (χ3n) is 2.38. The van der Waals surface area contributed by atoms with E-state index in [0.717, 1.165) is 5.69 Å². The normalized spacial score (nSPS) is 20.2. The van der Waals surface area contributed by atoms with Crippen molar-refractivity contribution in [3.8, 4) is 0 Å². The zero-order chi connectivity index (χ0) is 10.1. The van der Waals surface area contributed by atoms with Gasteiger partial charge in [-0.15, -0.1) is 0 Å². The quantitative estimate of drug-likeness (QED) is 0.498. The van der Waals surface area contributed by atoms with E-state index >= 15 is 0 Å². The Morgan fingerprint density at radius 3 is 3.00 bits per heavy atom. The molecular formula is C8H11N3O3. The van der Waals surface area contributed by atoms with E-state index in [-0.39, 0.29) is 11.5 Å². The Morgan fingerprint density at radius 1 is 1.50 bits per heavy atom. The Bertz CT molecular complexity index is 406. The summed E-state index contributed by atoms with van der Waals surface area (Å²) >= 11 is 0. The molecule has 0 spiro atoms. The highest BCUT2D eigenvalue weighted by atomic mass is 16.5. The topological polar surface area (TPSA) is 87.0 Å². The minimum atomic E-state index is -0.413. The van der Waals surface area contributed by atoms with E-state index in [9.17, 15) is 9.59 Å². The van der Waals surface area contributed by atoms with Gasteiger partial charge in [-0.1, -0.05) is 0 Å². The van der Waals surface area contributed by atoms with E-state index in [2.05, 4.69) is 20.3 Å². The Kier molecular flexibility index (Phi) is 2.12.